The van der Waals surface area contributed by atoms with Crippen LogP contribution in [0.15, 0.2) is 43.0 Å². The van der Waals surface area contributed by atoms with E-state index in [2.05, 4.69) is 37.4 Å². The molecule has 160 valence electrons. The number of methoxy groups -OCH3 is 2. The Morgan fingerprint density at radius 1 is 1.16 bits per heavy atom. The van der Waals surface area contributed by atoms with Crippen LogP contribution in [0.3, 0.4) is 0 Å². The smallest absolute Gasteiger partial charge is 0.182 e. The van der Waals surface area contributed by atoms with Crippen LogP contribution in [0.1, 0.15) is 29.7 Å². The maximum atomic E-state index is 6.67. The van der Waals surface area contributed by atoms with Crippen molar-refractivity contribution in [1.82, 2.24) is 19.9 Å². The second-order valence-corrected chi connectivity index (χ2v) is 7.71. The Balaban J connectivity index is 1.80. The topological polar surface area (TPSA) is 85.0 Å². The first kappa shape index (κ1) is 21.1. The summed E-state index contributed by atoms with van der Waals surface area (Å²) in [4.78, 5) is 15.8. The molecular weight excluding hydrogens is 414 g/mol. The number of halogens is 1. The van der Waals surface area contributed by atoms with E-state index in [0.29, 0.717) is 23.1 Å². The van der Waals surface area contributed by atoms with Crippen LogP contribution in [0.5, 0.6) is 5.75 Å². The summed E-state index contributed by atoms with van der Waals surface area (Å²) in [5.74, 6) is 1.43. The maximum Gasteiger partial charge on any atom is 0.182 e. The van der Waals surface area contributed by atoms with Crippen LogP contribution in [0.4, 0.5) is 5.82 Å². The minimum Gasteiger partial charge on any atom is -0.496 e. The van der Waals surface area contributed by atoms with Crippen LogP contribution in [-0.2, 0) is 11.3 Å². The first-order chi connectivity index (χ1) is 15.0. The molecule has 4 rings (SSSR count). The second-order valence-electron chi connectivity index (χ2n) is 7.30. The Morgan fingerprint density at radius 3 is 2.77 bits per heavy atom. The van der Waals surface area contributed by atoms with Crippen LogP contribution < -0.4 is 10.1 Å². The van der Waals surface area contributed by atoms with Gasteiger partial charge in [-0.05, 0) is 42.7 Å². The average Bonchev–Trinajstić information content (AvgIpc) is 3.25. The summed E-state index contributed by atoms with van der Waals surface area (Å²) in [5.41, 5.74) is 6.31. The van der Waals surface area contributed by atoms with Gasteiger partial charge in [-0.2, -0.15) is 0 Å². The van der Waals surface area contributed by atoms with E-state index in [4.69, 9.17) is 21.1 Å². The third-order valence-corrected chi connectivity index (χ3v) is 5.67. The van der Waals surface area contributed by atoms with Gasteiger partial charge in [-0.1, -0.05) is 29.8 Å². The molecule has 31 heavy (non-hydrogen) atoms. The van der Waals surface area contributed by atoms with Crippen molar-refractivity contribution in [2.45, 2.75) is 26.5 Å². The van der Waals surface area contributed by atoms with Gasteiger partial charge in [0.1, 0.15) is 17.6 Å². The van der Waals surface area contributed by atoms with Gasteiger partial charge in [-0.25, -0.2) is 15.0 Å². The van der Waals surface area contributed by atoms with Gasteiger partial charge >= 0.3 is 0 Å². The van der Waals surface area contributed by atoms with E-state index in [0.717, 1.165) is 39.1 Å². The van der Waals surface area contributed by atoms with Crippen LogP contribution in [0.25, 0.3) is 22.3 Å². The van der Waals surface area contributed by atoms with E-state index >= 15 is 0 Å². The van der Waals surface area contributed by atoms with Crippen molar-refractivity contribution in [1.29, 1.82) is 0 Å². The minimum absolute atomic E-state index is 0.143. The number of imidazole rings is 1. The molecular formula is C23H24ClN5O2. The number of hydrogen-bond donors (Lipinski definition) is 2. The number of anilines is 1. The van der Waals surface area contributed by atoms with E-state index in [-0.39, 0.29) is 6.04 Å². The van der Waals surface area contributed by atoms with E-state index < -0.39 is 0 Å². The zero-order chi connectivity index (χ0) is 22.0. The predicted molar refractivity (Wildman–Crippen MR) is 123 cm³/mol. The lowest BCUT2D eigenvalue weighted by atomic mass is 9.93. The number of H-pyrrole nitrogens is 1. The van der Waals surface area contributed by atoms with Crippen LogP contribution >= 0.6 is 11.6 Å². The zero-order valence-electron chi connectivity index (χ0n) is 17.9. The van der Waals surface area contributed by atoms with E-state index in [1.807, 2.05) is 32.0 Å². The molecule has 0 aliphatic heterocycles. The van der Waals surface area contributed by atoms with Crippen LogP contribution in [-0.4, -0.2) is 34.2 Å². The molecule has 2 aromatic heterocycles. The highest BCUT2D eigenvalue weighted by Gasteiger charge is 2.22. The number of hydrogen-bond acceptors (Lipinski definition) is 6. The lowest BCUT2D eigenvalue weighted by molar-refractivity contribution is 0.185. The summed E-state index contributed by atoms with van der Waals surface area (Å²) in [6, 6.07) is 10.0. The number of ether oxygens (including phenoxy) is 2. The number of nitrogens with zero attached hydrogens (tertiary/aromatic N) is 3. The quantitative estimate of drug-likeness (QED) is 0.407. The maximum absolute atomic E-state index is 6.67. The Labute approximate surface area is 185 Å². The zero-order valence-corrected chi connectivity index (χ0v) is 18.6. The predicted octanol–water partition coefficient (Wildman–Crippen LogP) is 5.31. The number of nitrogens with one attached hydrogen (secondary N) is 2. The van der Waals surface area contributed by atoms with Gasteiger partial charge < -0.3 is 19.8 Å². The summed E-state index contributed by atoms with van der Waals surface area (Å²) < 4.78 is 11.2. The van der Waals surface area contributed by atoms with Crippen LogP contribution in [0.2, 0.25) is 5.02 Å². The Kier molecular flexibility index (Phi) is 6.06. The molecule has 0 aliphatic carbocycles. The molecule has 1 atom stereocenters. The SMILES string of the molecule is COCc1cccc(-c2c(C)c(Cl)cc(C(C)Nc3ncnc4nc[nH]c34)c2OC)c1. The van der Waals surface area contributed by atoms with E-state index in [1.54, 1.807) is 20.5 Å². The number of fused-ring (bicyclic) bond motifs is 1. The van der Waals surface area contributed by atoms with E-state index in [9.17, 15) is 0 Å². The Morgan fingerprint density at radius 2 is 2.00 bits per heavy atom. The summed E-state index contributed by atoms with van der Waals surface area (Å²) in [7, 11) is 3.37. The fourth-order valence-electron chi connectivity index (χ4n) is 3.77. The fourth-order valence-corrected chi connectivity index (χ4v) is 3.99. The summed E-state index contributed by atoms with van der Waals surface area (Å²) in [6.07, 6.45) is 3.09. The van der Waals surface area contributed by atoms with Crippen molar-refractivity contribution < 1.29 is 9.47 Å². The molecule has 0 spiro atoms. The average molecular weight is 438 g/mol. The molecule has 0 bridgehead atoms. The van der Waals surface area contributed by atoms with Crippen molar-refractivity contribution in [3.8, 4) is 16.9 Å². The first-order valence-corrected chi connectivity index (χ1v) is 10.3. The second kappa shape index (κ2) is 8.91. The van der Waals surface area contributed by atoms with Crippen molar-refractivity contribution >= 4 is 28.6 Å². The van der Waals surface area contributed by atoms with Gasteiger partial charge in [0, 0.05) is 23.3 Å². The van der Waals surface area contributed by atoms with Gasteiger partial charge in [0.2, 0.25) is 0 Å². The van der Waals surface area contributed by atoms with Gasteiger partial charge in [-0.15, -0.1) is 0 Å². The summed E-state index contributed by atoms with van der Waals surface area (Å²) in [6.45, 7) is 4.58. The monoisotopic (exact) mass is 437 g/mol. The van der Waals surface area contributed by atoms with Crippen molar-refractivity contribution in [3.05, 3.63) is 64.7 Å². The molecule has 8 heteroatoms. The highest BCUT2D eigenvalue weighted by molar-refractivity contribution is 6.32. The third-order valence-electron chi connectivity index (χ3n) is 5.28. The number of aromatic amines is 1. The molecule has 1 unspecified atom stereocenters. The molecule has 2 aromatic carbocycles. The molecule has 2 heterocycles. The Hall–Kier alpha value is -3.16. The lowest BCUT2D eigenvalue weighted by Crippen LogP contribution is -2.11. The van der Waals surface area contributed by atoms with Crippen molar-refractivity contribution in [2.24, 2.45) is 0 Å². The first-order valence-electron chi connectivity index (χ1n) is 9.89. The van der Waals surface area contributed by atoms with Gasteiger partial charge in [-0.3, -0.25) is 0 Å². The van der Waals surface area contributed by atoms with Gasteiger partial charge in [0.25, 0.3) is 0 Å². The van der Waals surface area contributed by atoms with Crippen LogP contribution in [0, 0.1) is 6.92 Å². The largest absolute Gasteiger partial charge is 0.496 e. The molecule has 7 nitrogen and oxygen atoms in total. The van der Waals surface area contributed by atoms with Gasteiger partial charge in [0.05, 0.1) is 26.1 Å². The molecule has 0 fully saturated rings. The molecule has 0 saturated heterocycles. The summed E-state index contributed by atoms with van der Waals surface area (Å²) in [5, 5.41) is 4.11. The minimum atomic E-state index is -0.143. The number of aromatic nitrogens is 4. The number of benzene rings is 2. The fraction of sp³-hybridized carbons (Fsp3) is 0.261. The third kappa shape index (κ3) is 4.06. The molecule has 4 aromatic rings. The van der Waals surface area contributed by atoms with E-state index in [1.165, 1.54) is 6.33 Å². The molecule has 2 N–H and O–H groups in total. The molecule has 0 aliphatic rings. The Bertz CT molecular complexity index is 1220. The molecule has 0 saturated carbocycles. The molecule has 0 amide bonds. The molecule has 0 radical (unpaired) electrons. The van der Waals surface area contributed by atoms with Crippen molar-refractivity contribution in [3.63, 3.8) is 0 Å². The lowest BCUT2D eigenvalue weighted by Gasteiger charge is -2.23. The highest BCUT2D eigenvalue weighted by atomic mass is 35.5. The normalized spacial score (nSPS) is 12.2. The number of rotatable bonds is 7. The highest BCUT2D eigenvalue weighted by Crippen LogP contribution is 2.43. The van der Waals surface area contributed by atoms with Gasteiger partial charge in [0.15, 0.2) is 11.5 Å². The standard InChI is InChI=1S/C23H24ClN5O2/c1-13-18(24)9-17(14(2)29-23-20-22(26-11-25-20)27-12-28-23)21(31-4)19(13)16-7-5-6-15(8-16)10-30-3/h5-9,11-12,14H,10H2,1-4H3,(H2,25,26,27,28,29). The van der Waals surface area contributed by atoms with Crippen molar-refractivity contribution in [2.75, 3.05) is 19.5 Å². The summed E-state index contributed by atoms with van der Waals surface area (Å²) >= 11 is 6.67.